The van der Waals surface area contributed by atoms with Gasteiger partial charge in [-0.25, -0.2) is 4.98 Å². The highest BCUT2D eigenvalue weighted by Crippen LogP contribution is 2.33. The molecule has 4 nitrogen and oxygen atoms in total. The molecule has 3 aromatic rings. The summed E-state index contributed by atoms with van der Waals surface area (Å²) in [6.07, 6.45) is -4.03. The Morgan fingerprint density at radius 1 is 0.962 bits per heavy atom. The highest BCUT2D eigenvalue weighted by molar-refractivity contribution is 5.68. The summed E-state index contributed by atoms with van der Waals surface area (Å²) in [5, 5.41) is 13.3. The fraction of sp³-hybridized carbons (Fsp3) is 0.105. The zero-order chi connectivity index (χ0) is 18.7. The van der Waals surface area contributed by atoms with Crippen LogP contribution in [0.25, 0.3) is 11.1 Å². The first kappa shape index (κ1) is 17.8. The first-order valence-electron chi connectivity index (χ1n) is 7.77. The van der Waals surface area contributed by atoms with Crippen molar-refractivity contribution in [3.63, 3.8) is 0 Å². The zero-order valence-electron chi connectivity index (χ0n) is 13.5. The number of nitrogens with two attached hydrogens (primary N) is 1. The third-order valence-electron chi connectivity index (χ3n) is 3.85. The molecule has 4 N–H and O–H groups in total. The van der Waals surface area contributed by atoms with Crippen molar-refractivity contribution in [2.24, 2.45) is 0 Å². The fourth-order valence-electron chi connectivity index (χ4n) is 2.55. The van der Waals surface area contributed by atoms with E-state index >= 15 is 0 Å². The van der Waals surface area contributed by atoms with E-state index in [4.69, 9.17) is 5.73 Å². The average Bonchev–Trinajstić information content (AvgIpc) is 2.63. The van der Waals surface area contributed by atoms with Crippen molar-refractivity contribution in [3.8, 4) is 11.1 Å². The van der Waals surface area contributed by atoms with Crippen molar-refractivity contribution < 1.29 is 18.3 Å². The predicted molar refractivity (Wildman–Crippen MR) is 94.1 cm³/mol. The molecule has 0 spiro atoms. The number of alkyl halides is 3. The maximum atomic E-state index is 12.7. The molecule has 0 saturated carbocycles. The summed E-state index contributed by atoms with van der Waals surface area (Å²) in [6.45, 7) is 0. The van der Waals surface area contributed by atoms with E-state index in [9.17, 15) is 18.3 Å². The molecule has 1 unspecified atom stereocenters. The number of nitrogen functional groups attached to an aromatic ring is 1. The molecule has 0 amide bonds. The van der Waals surface area contributed by atoms with Crippen LogP contribution in [0, 0.1) is 0 Å². The quantitative estimate of drug-likeness (QED) is 0.602. The molecule has 0 aliphatic rings. The number of benzene rings is 2. The van der Waals surface area contributed by atoms with Gasteiger partial charge in [-0.3, -0.25) is 0 Å². The number of hydrogen-bond acceptors (Lipinski definition) is 4. The smallest absolute Gasteiger partial charge is 0.397 e. The summed E-state index contributed by atoms with van der Waals surface area (Å²) in [5.74, 6) is 0.425. The van der Waals surface area contributed by atoms with Gasteiger partial charge in [-0.2, -0.15) is 13.2 Å². The molecular formula is C19H16F3N3O. The molecule has 0 saturated heterocycles. The van der Waals surface area contributed by atoms with Gasteiger partial charge in [0.25, 0.3) is 0 Å². The van der Waals surface area contributed by atoms with Crippen molar-refractivity contribution in [1.82, 2.24) is 4.98 Å². The van der Waals surface area contributed by atoms with Gasteiger partial charge in [-0.15, -0.1) is 0 Å². The summed E-state index contributed by atoms with van der Waals surface area (Å²) in [4.78, 5) is 4.06. The molecule has 0 fully saturated rings. The Bertz CT molecular complexity index is 878. The minimum Gasteiger partial charge on any atom is -0.397 e. The Morgan fingerprint density at radius 2 is 1.65 bits per heavy atom. The van der Waals surface area contributed by atoms with Gasteiger partial charge < -0.3 is 16.2 Å². The summed E-state index contributed by atoms with van der Waals surface area (Å²) in [5.41, 5.74) is 7.07. The SMILES string of the molecule is Nc1ccc(NC(O)c2ccccc2-c2ccc(C(F)(F)F)cc2)nc1. The molecule has 2 aromatic carbocycles. The maximum absolute atomic E-state index is 12.7. The maximum Gasteiger partial charge on any atom is 0.416 e. The number of nitrogens with zero attached hydrogens (tertiary/aromatic N) is 1. The third-order valence-corrected chi connectivity index (χ3v) is 3.85. The van der Waals surface area contributed by atoms with E-state index in [2.05, 4.69) is 10.3 Å². The lowest BCUT2D eigenvalue weighted by Gasteiger charge is -2.18. The lowest BCUT2D eigenvalue weighted by atomic mass is 9.97. The largest absolute Gasteiger partial charge is 0.416 e. The Labute approximate surface area is 148 Å². The third kappa shape index (κ3) is 3.94. The number of halogens is 3. The zero-order valence-corrected chi connectivity index (χ0v) is 13.5. The Balaban J connectivity index is 1.89. The molecule has 1 heterocycles. The van der Waals surface area contributed by atoms with Crippen molar-refractivity contribution >= 4 is 11.5 Å². The second-order valence-corrected chi connectivity index (χ2v) is 5.69. The van der Waals surface area contributed by atoms with Gasteiger partial charge >= 0.3 is 6.18 Å². The van der Waals surface area contributed by atoms with Crippen LogP contribution in [0.3, 0.4) is 0 Å². The minimum atomic E-state index is -4.39. The number of aromatic nitrogens is 1. The number of pyridine rings is 1. The lowest BCUT2D eigenvalue weighted by Crippen LogP contribution is -2.12. The van der Waals surface area contributed by atoms with Gasteiger partial charge in [0, 0.05) is 5.56 Å². The first-order chi connectivity index (χ1) is 12.3. The molecule has 1 atom stereocenters. The molecule has 0 radical (unpaired) electrons. The van der Waals surface area contributed by atoms with Crippen LogP contribution in [0.15, 0.2) is 66.9 Å². The monoisotopic (exact) mass is 359 g/mol. The van der Waals surface area contributed by atoms with Gasteiger partial charge in [0.15, 0.2) is 6.23 Å². The summed E-state index contributed by atoms with van der Waals surface area (Å²) >= 11 is 0. The van der Waals surface area contributed by atoms with Crippen molar-refractivity contribution in [1.29, 1.82) is 0 Å². The summed E-state index contributed by atoms with van der Waals surface area (Å²) in [6, 6.07) is 15.0. The van der Waals surface area contributed by atoms with E-state index in [1.165, 1.54) is 18.3 Å². The van der Waals surface area contributed by atoms with Crippen LogP contribution in [0.2, 0.25) is 0 Å². The fourth-order valence-corrected chi connectivity index (χ4v) is 2.55. The van der Waals surface area contributed by atoms with Crippen molar-refractivity contribution in [2.45, 2.75) is 12.4 Å². The molecule has 0 aliphatic carbocycles. The van der Waals surface area contributed by atoms with Crippen molar-refractivity contribution in [3.05, 3.63) is 78.0 Å². The van der Waals surface area contributed by atoms with Crippen molar-refractivity contribution in [2.75, 3.05) is 11.1 Å². The van der Waals surface area contributed by atoms with E-state index in [0.717, 1.165) is 12.1 Å². The van der Waals surface area contributed by atoms with Gasteiger partial charge in [0.2, 0.25) is 0 Å². The molecule has 0 aliphatic heterocycles. The lowest BCUT2D eigenvalue weighted by molar-refractivity contribution is -0.137. The van der Waals surface area contributed by atoms with Crippen LogP contribution < -0.4 is 11.1 Å². The number of aliphatic hydroxyl groups is 1. The Kier molecular flexibility index (Phi) is 4.81. The van der Waals surface area contributed by atoms with E-state index in [0.29, 0.717) is 28.2 Å². The van der Waals surface area contributed by atoms with E-state index in [1.54, 1.807) is 36.4 Å². The Hall–Kier alpha value is -3.06. The van der Waals surface area contributed by atoms with Crippen LogP contribution in [0.4, 0.5) is 24.7 Å². The molecule has 26 heavy (non-hydrogen) atoms. The molecule has 7 heteroatoms. The van der Waals surface area contributed by atoms with E-state index < -0.39 is 18.0 Å². The second kappa shape index (κ2) is 7.05. The number of nitrogens with one attached hydrogen (secondary N) is 1. The van der Waals surface area contributed by atoms with Crippen LogP contribution in [0.1, 0.15) is 17.4 Å². The topological polar surface area (TPSA) is 71.2 Å². The average molecular weight is 359 g/mol. The number of anilines is 2. The van der Waals surface area contributed by atoms with Crippen LogP contribution in [0.5, 0.6) is 0 Å². The van der Waals surface area contributed by atoms with Gasteiger partial charge in [-0.1, -0.05) is 36.4 Å². The molecular weight excluding hydrogens is 343 g/mol. The number of hydrogen-bond donors (Lipinski definition) is 3. The van der Waals surface area contributed by atoms with E-state index in [-0.39, 0.29) is 0 Å². The second-order valence-electron chi connectivity index (χ2n) is 5.69. The molecule has 3 rings (SSSR count). The molecule has 134 valence electrons. The van der Waals surface area contributed by atoms with Crippen LogP contribution >= 0.6 is 0 Å². The van der Waals surface area contributed by atoms with E-state index in [1.807, 2.05) is 0 Å². The molecule has 1 aromatic heterocycles. The highest BCUT2D eigenvalue weighted by atomic mass is 19.4. The minimum absolute atomic E-state index is 0.425. The van der Waals surface area contributed by atoms with Gasteiger partial charge in [0.05, 0.1) is 17.4 Å². The van der Waals surface area contributed by atoms with Gasteiger partial charge in [0.1, 0.15) is 5.82 Å². The summed E-state index contributed by atoms with van der Waals surface area (Å²) in [7, 11) is 0. The Morgan fingerprint density at radius 3 is 2.27 bits per heavy atom. The van der Waals surface area contributed by atoms with Crippen LogP contribution in [-0.4, -0.2) is 10.1 Å². The highest BCUT2D eigenvalue weighted by Gasteiger charge is 2.30. The van der Waals surface area contributed by atoms with Crippen LogP contribution in [-0.2, 0) is 6.18 Å². The van der Waals surface area contributed by atoms with Gasteiger partial charge in [-0.05, 0) is 35.4 Å². The normalized spacial score (nSPS) is 12.6. The predicted octanol–water partition coefficient (Wildman–Crippen LogP) is 4.45. The first-order valence-corrected chi connectivity index (χ1v) is 7.77. The summed E-state index contributed by atoms with van der Waals surface area (Å²) < 4.78 is 38.2. The number of rotatable bonds is 4. The number of aliphatic hydroxyl groups excluding tert-OH is 1. The molecule has 0 bridgehead atoms. The standard InChI is InChI=1S/C19H16F3N3O/c20-19(21,22)13-7-5-12(6-8-13)15-3-1-2-4-16(15)18(26)25-17-10-9-14(23)11-24-17/h1-11,18,26H,23H2,(H,24,25).